The van der Waals surface area contributed by atoms with Gasteiger partial charge in [0, 0.05) is 19.6 Å². The van der Waals surface area contributed by atoms with E-state index in [9.17, 15) is 34.1 Å². The van der Waals surface area contributed by atoms with E-state index in [-0.39, 0.29) is 30.8 Å². The second kappa shape index (κ2) is 9.94. The second-order valence-corrected chi connectivity index (χ2v) is 9.52. The van der Waals surface area contributed by atoms with E-state index in [1.54, 1.807) is 33.8 Å². The lowest BCUT2D eigenvalue weighted by atomic mass is 9.72. The number of rotatable bonds is 5. The van der Waals surface area contributed by atoms with Gasteiger partial charge in [-0.3, -0.25) is 19.3 Å². The van der Waals surface area contributed by atoms with Crippen molar-refractivity contribution < 1.29 is 38.8 Å². The second-order valence-electron chi connectivity index (χ2n) is 9.52. The summed E-state index contributed by atoms with van der Waals surface area (Å²) in [5.74, 6) is -4.48. The van der Waals surface area contributed by atoms with Gasteiger partial charge in [0.15, 0.2) is 0 Å². The van der Waals surface area contributed by atoms with E-state index in [4.69, 9.17) is 4.65 Å². The number of para-hydroxylation sites is 1. The van der Waals surface area contributed by atoms with Crippen molar-refractivity contribution in [3.05, 3.63) is 29.3 Å². The van der Waals surface area contributed by atoms with Crippen molar-refractivity contribution in [2.75, 3.05) is 19.6 Å². The summed E-state index contributed by atoms with van der Waals surface area (Å²) in [5.41, 5.74) is -0.407. The maximum Gasteiger partial charge on any atom is 0.547 e. The quantitative estimate of drug-likeness (QED) is 0.322. The number of fused-ring (bicyclic) bond motifs is 1. The van der Waals surface area contributed by atoms with E-state index in [2.05, 4.69) is 10.6 Å². The van der Waals surface area contributed by atoms with Crippen molar-refractivity contribution in [3.63, 3.8) is 0 Å². The third-order valence-electron chi connectivity index (χ3n) is 6.01. The Morgan fingerprint density at radius 3 is 2.49 bits per heavy atom. The number of imide groups is 1. The number of carbonyl (C=O) groups is 5. The first-order chi connectivity index (χ1) is 16.3. The molecule has 2 heterocycles. The number of nitrogens with one attached hydrogen (secondary N) is 2. The average Bonchev–Trinajstić information content (AvgIpc) is 2.78. The van der Waals surface area contributed by atoms with Gasteiger partial charge in [-0.2, -0.15) is 0 Å². The molecule has 1 saturated heterocycles. The minimum atomic E-state index is -1.52. The Hall–Kier alpha value is -3.61. The molecule has 0 aromatic heterocycles. The van der Waals surface area contributed by atoms with Gasteiger partial charge in [-0.1, -0.05) is 32.9 Å². The molecule has 1 fully saturated rings. The summed E-state index contributed by atoms with van der Waals surface area (Å²) in [6, 6.07) is 2.53. The topological polar surface area (TPSA) is 166 Å². The SMILES string of the molecule is CCN1CCN(C(=O)N[C@@H](C(=O)N[C@H]2Cc3cccc(C(=O)O)c3OB2O)C(C)(C)C)C(=O)C1=O. The number of nitrogens with zero attached hydrogens (tertiary/aromatic N) is 2. The summed E-state index contributed by atoms with van der Waals surface area (Å²) < 4.78 is 5.40. The minimum absolute atomic E-state index is 0.000598. The summed E-state index contributed by atoms with van der Waals surface area (Å²) in [4.78, 5) is 64.1. The van der Waals surface area contributed by atoms with E-state index < -0.39 is 54.2 Å². The summed E-state index contributed by atoms with van der Waals surface area (Å²) in [6.07, 6.45) is 0.0974. The van der Waals surface area contributed by atoms with Gasteiger partial charge < -0.3 is 30.3 Å². The van der Waals surface area contributed by atoms with Crippen molar-refractivity contribution in [1.29, 1.82) is 0 Å². The number of piperazine rings is 1. The van der Waals surface area contributed by atoms with Crippen LogP contribution >= 0.6 is 0 Å². The largest absolute Gasteiger partial charge is 0.547 e. The zero-order valence-electron chi connectivity index (χ0n) is 20.0. The molecule has 13 heteroatoms. The molecule has 35 heavy (non-hydrogen) atoms. The number of benzene rings is 1. The van der Waals surface area contributed by atoms with Crippen LogP contribution < -0.4 is 15.3 Å². The molecule has 12 nitrogen and oxygen atoms in total. The maximum absolute atomic E-state index is 13.2. The molecule has 0 saturated carbocycles. The Balaban J connectivity index is 1.74. The Morgan fingerprint density at radius 2 is 1.89 bits per heavy atom. The van der Waals surface area contributed by atoms with Crippen LogP contribution in [0.4, 0.5) is 4.79 Å². The van der Waals surface area contributed by atoms with Crippen molar-refractivity contribution in [1.82, 2.24) is 20.4 Å². The zero-order valence-corrected chi connectivity index (χ0v) is 20.0. The molecule has 1 aromatic carbocycles. The first-order valence-corrected chi connectivity index (χ1v) is 11.3. The Kier molecular flexibility index (Phi) is 7.39. The maximum atomic E-state index is 13.2. The molecule has 188 valence electrons. The lowest BCUT2D eigenvalue weighted by Crippen LogP contribution is -2.64. The number of carbonyl (C=O) groups excluding carboxylic acids is 4. The Labute approximate surface area is 202 Å². The molecule has 0 spiro atoms. The number of likely N-dealkylation sites (N-methyl/N-ethyl adjacent to an activating group) is 1. The predicted octanol–water partition coefficient (Wildman–Crippen LogP) is -0.361. The van der Waals surface area contributed by atoms with Crippen molar-refractivity contribution in [2.24, 2.45) is 5.41 Å². The van der Waals surface area contributed by atoms with Gasteiger partial charge in [0.05, 0.1) is 11.5 Å². The van der Waals surface area contributed by atoms with Crippen LogP contribution in [0.3, 0.4) is 0 Å². The fraction of sp³-hybridized carbons (Fsp3) is 0.500. The monoisotopic (exact) mass is 488 g/mol. The van der Waals surface area contributed by atoms with Gasteiger partial charge in [-0.15, -0.1) is 0 Å². The van der Waals surface area contributed by atoms with Gasteiger partial charge >= 0.3 is 30.9 Å². The number of carboxylic acids is 1. The van der Waals surface area contributed by atoms with Crippen molar-refractivity contribution in [3.8, 4) is 5.75 Å². The average molecular weight is 488 g/mol. The molecule has 0 unspecified atom stereocenters. The Morgan fingerprint density at radius 1 is 1.20 bits per heavy atom. The summed E-state index contributed by atoms with van der Waals surface area (Å²) >= 11 is 0. The summed E-state index contributed by atoms with van der Waals surface area (Å²) in [6.45, 7) is 7.40. The van der Waals surface area contributed by atoms with Crippen LogP contribution in [0.15, 0.2) is 18.2 Å². The van der Waals surface area contributed by atoms with Crippen LogP contribution in [0.2, 0.25) is 0 Å². The van der Waals surface area contributed by atoms with Crippen LogP contribution in [0.5, 0.6) is 5.75 Å². The van der Waals surface area contributed by atoms with Gasteiger partial charge in [0.1, 0.15) is 11.8 Å². The molecule has 0 aliphatic carbocycles. The van der Waals surface area contributed by atoms with Gasteiger partial charge in [-0.05, 0) is 30.4 Å². The predicted molar refractivity (Wildman–Crippen MR) is 123 cm³/mol. The molecular weight excluding hydrogens is 459 g/mol. The number of amides is 5. The van der Waals surface area contributed by atoms with E-state index in [0.29, 0.717) is 12.1 Å². The van der Waals surface area contributed by atoms with E-state index >= 15 is 0 Å². The molecule has 3 rings (SSSR count). The molecule has 0 bridgehead atoms. The molecule has 2 aliphatic rings. The summed E-state index contributed by atoms with van der Waals surface area (Å²) in [5, 5.41) is 25.0. The molecule has 4 N–H and O–H groups in total. The Bertz CT molecular complexity index is 1060. The lowest BCUT2D eigenvalue weighted by Gasteiger charge is -2.36. The minimum Gasteiger partial charge on any atom is -0.534 e. The van der Waals surface area contributed by atoms with Gasteiger partial charge in [0.25, 0.3) is 0 Å². The number of aromatic carboxylic acids is 1. The van der Waals surface area contributed by atoms with E-state index in [1.807, 2.05) is 0 Å². The molecule has 2 aliphatic heterocycles. The highest BCUT2D eigenvalue weighted by molar-refractivity contribution is 6.47. The number of hydrogen-bond acceptors (Lipinski definition) is 7. The third kappa shape index (κ3) is 5.40. The van der Waals surface area contributed by atoms with E-state index in [0.717, 1.165) is 4.90 Å². The van der Waals surface area contributed by atoms with Crippen molar-refractivity contribution >= 4 is 36.8 Å². The summed E-state index contributed by atoms with van der Waals surface area (Å²) in [7, 11) is -1.52. The third-order valence-corrected chi connectivity index (χ3v) is 6.01. The zero-order chi connectivity index (χ0) is 26.1. The van der Waals surface area contributed by atoms with Gasteiger partial charge in [0.2, 0.25) is 5.91 Å². The highest BCUT2D eigenvalue weighted by Gasteiger charge is 2.43. The molecule has 5 amide bonds. The molecule has 2 atom stereocenters. The fourth-order valence-corrected chi connectivity index (χ4v) is 4.03. The highest BCUT2D eigenvalue weighted by atomic mass is 16.5. The normalized spacial score (nSPS) is 19.0. The molecule has 1 aromatic rings. The van der Waals surface area contributed by atoms with Crippen LogP contribution in [0, 0.1) is 5.41 Å². The van der Waals surface area contributed by atoms with Crippen LogP contribution in [0.25, 0.3) is 0 Å². The first-order valence-electron chi connectivity index (χ1n) is 11.3. The number of urea groups is 1. The standard InChI is InChI=1S/C22H29BN4O8/c1-5-26-9-10-27(19(30)18(26)29)21(33)25-16(22(2,3)4)17(28)24-14-11-12-7-6-8-13(20(31)32)15(12)35-23(14)34/h6-8,14,16,34H,5,9-11H2,1-4H3,(H,24,28)(H,25,33)(H,31,32)/t14-,16-/m0/s1. The number of carboxylic acid groups (broad SMARTS) is 1. The lowest BCUT2D eigenvalue weighted by molar-refractivity contribution is -0.153. The van der Waals surface area contributed by atoms with E-state index in [1.165, 1.54) is 17.0 Å². The molecule has 0 radical (unpaired) electrons. The first kappa shape index (κ1) is 26.0. The van der Waals surface area contributed by atoms with Crippen LogP contribution in [-0.2, 0) is 20.8 Å². The van der Waals surface area contributed by atoms with Gasteiger partial charge in [-0.25, -0.2) is 9.59 Å². The fourth-order valence-electron chi connectivity index (χ4n) is 4.03. The highest BCUT2D eigenvalue weighted by Crippen LogP contribution is 2.30. The smallest absolute Gasteiger partial charge is 0.534 e. The molecular formula is C22H29BN4O8. The van der Waals surface area contributed by atoms with Crippen molar-refractivity contribution in [2.45, 2.75) is 46.1 Å². The number of hydrogen-bond donors (Lipinski definition) is 4. The van der Waals surface area contributed by atoms with Crippen LogP contribution in [-0.4, -0.2) is 88.4 Å². The van der Waals surface area contributed by atoms with Crippen LogP contribution in [0.1, 0.15) is 43.6 Å².